The summed E-state index contributed by atoms with van der Waals surface area (Å²) in [6.45, 7) is 0. The molecule has 0 saturated heterocycles. The summed E-state index contributed by atoms with van der Waals surface area (Å²) >= 11 is 5.27. The summed E-state index contributed by atoms with van der Waals surface area (Å²) in [5.41, 5.74) is 0.968. The summed E-state index contributed by atoms with van der Waals surface area (Å²) in [6.07, 6.45) is 1.61. The van der Waals surface area contributed by atoms with Gasteiger partial charge in [-0.2, -0.15) is 0 Å². The Morgan fingerprint density at radius 2 is 1.78 bits per heavy atom. The van der Waals surface area contributed by atoms with Crippen LogP contribution in [0.5, 0.6) is 0 Å². The highest BCUT2D eigenvalue weighted by molar-refractivity contribution is 7.81. The number of thiocarbonyl (C=S) groups is 1. The van der Waals surface area contributed by atoms with Crippen molar-refractivity contribution >= 4 is 33.7 Å². The summed E-state index contributed by atoms with van der Waals surface area (Å²) in [5.74, 6) is 0.679. The van der Waals surface area contributed by atoms with Gasteiger partial charge in [0.05, 0.1) is 6.26 Å². The number of hydrogen-bond donors (Lipinski definition) is 1. The van der Waals surface area contributed by atoms with Gasteiger partial charge in [0.15, 0.2) is 5.76 Å². The van der Waals surface area contributed by atoms with Gasteiger partial charge in [-0.1, -0.05) is 42.5 Å². The van der Waals surface area contributed by atoms with Crippen molar-refractivity contribution in [3.05, 3.63) is 66.6 Å². The van der Waals surface area contributed by atoms with Gasteiger partial charge < -0.3 is 9.73 Å². The molecule has 0 fully saturated rings. The summed E-state index contributed by atoms with van der Waals surface area (Å²) in [6, 6.07) is 18.0. The Bertz CT molecular complexity index is 689. The van der Waals surface area contributed by atoms with Crippen molar-refractivity contribution < 1.29 is 4.42 Å². The molecule has 3 aromatic rings. The van der Waals surface area contributed by atoms with E-state index in [0.717, 1.165) is 5.69 Å². The Kier molecular flexibility index (Phi) is 2.82. The SMILES string of the molecule is S=C(Nc1ccc2ccccc2c1)c1ccco1. The highest BCUT2D eigenvalue weighted by Gasteiger charge is 2.04. The minimum atomic E-state index is 0.593. The number of fused-ring (bicyclic) bond motifs is 1. The summed E-state index contributed by atoms with van der Waals surface area (Å²) in [7, 11) is 0. The summed E-state index contributed by atoms with van der Waals surface area (Å²) < 4.78 is 5.25. The first-order valence-electron chi connectivity index (χ1n) is 5.66. The predicted molar refractivity (Wildman–Crippen MR) is 78.0 cm³/mol. The molecule has 1 heterocycles. The second-order valence-corrected chi connectivity index (χ2v) is 4.40. The lowest BCUT2D eigenvalue weighted by Gasteiger charge is -2.06. The molecule has 0 aliphatic carbocycles. The van der Waals surface area contributed by atoms with Crippen molar-refractivity contribution in [1.82, 2.24) is 0 Å². The van der Waals surface area contributed by atoms with Crippen LogP contribution >= 0.6 is 12.2 Å². The molecule has 0 atom stereocenters. The van der Waals surface area contributed by atoms with E-state index in [9.17, 15) is 0 Å². The number of furan rings is 1. The first-order valence-corrected chi connectivity index (χ1v) is 6.07. The fourth-order valence-electron chi connectivity index (χ4n) is 1.87. The van der Waals surface area contributed by atoms with E-state index in [1.54, 1.807) is 6.26 Å². The molecule has 3 heteroatoms. The smallest absolute Gasteiger partial charge is 0.161 e. The van der Waals surface area contributed by atoms with Gasteiger partial charge in [-0.15, -0.1) is 0 Å². The molecule has 0 saturated carbocycles. The van der Waals surface area contributed by atoms with Gasteiger partial charge >= 0.3 is 0 Å². The Morgan fingerprint density at radius 3 is 2.56 bits per heavy atom. The van der Waals surface area contributed by atoms with Gasteiger partial charge in [-0.25, -0.2) is 0 Å². The molecule has 0 aliphatic rings. The van der Waals surface area contributed by atoms with Crippen LogP contribution in [0.3, 0.4) is 0 Å². The van der Waals surface area contributed by atoms with Gasteiger partial charge in [0.25, 0.3) is 0 Å². The van der Waals surface area contributed by atoms with Gasteiger partial charge in [0, 0.05) is 5.69 Å². The molecule has 1 aromatic heterocycles. The number of anilines is 1. The molecule has 0 bridgehead atoms. The first-order chi connectivity index (χ1) is 8.83. The number of rotatable bonds is 2. The lowest BCUT2D eigenvalue weighted by Crippen LogP contribution is -2.09. The molecule has 0 unspecified atom stereocenters. The van der Waals surface area contributed by atoms with Crippen LogP contribution in [0, 0.1) is 0 Å². The molecule has 0 amide bonds. The maximum Gasteiger partial charge on any atom is 0.161 e. The monoisotopic (exact) mass is 253 g/mol. The van der Waals surface area contributed by atoms with Gasteiger partial charge in [0.1, 0.15) is 4.99 Å². The number of nitrogens with one attached hydrogen (secondary N) is 1. The highest BCUT2D eigenvalue weighted by atomic mass is 32.1. The van der Waals surface area contributed by atoms with E-state index in [-0.39, 0.29) is 0 Å². The van der Waals surface area contributed by atoms with Crippen LogP contribution in [-0.2, 0) is 0 Å². The van der Waals surface area contributed by atoms with E-state index in [2.05, 4.69) is 29.6 Å². The van der Waals surface area contributed by atoms with Crippen LogP contribution in [0.15, 0.2) is 65.3 Å². The standard InChI is InChI=1S/C15H11NOS/c18-15(14-6-3-9-17-14)16-13-8-7-11-4-1-2-5-12(11)10-13/h1-10H,(H,16,18). The van der Waals surface area contributed by atoms with Crippen molar-refractivity contribution in [1.29, 1.82) is 0 Å². The Hall–Kier alpha value is -2.13. The molecule has 0 aliphatic heterocycles. The predicted octanol–water partition coefficient (Wildman–Crippen LogP) is 4.22. The van der Waals surface area contributed by atoms with E-state index in [1.165, 1.54) is 10.8 Å². The van der Waals surface area contributed by atoms with Gasteiger partial charge in [-0.05, 0) is 35.0 Å². The van der Waals surface area contributed by atoms with Gasteiger partial charge in [0.2, 0.25) is 0 Å². The molecule has 18 heavy (non-hydrogen) atoms. The second kappa shape index (κ2) is 4.63. The summed E-state index contributed by atoms with van der Waals surface area (Å²) in [4.78, 5) is 0.593. The van der Waals surface area contributed by atoms with Gasteiger partial charge in [-0.3, -0.25) is 0 Å². The van der Waals surface area contributed by atoms with Crippen molar-refractivity contribution in [2.24, 2.45) is 0 Å². The quantitative estimate of drug-likeness (QED) is 0.692. The molecule has 2 aromatic carbocycles. The fraction of sp³-hybridized carbons (Fsp3) is 0. The van der Waals surface area contributed by atoms with Crippen LogP contribution < -0.4 is 5.32 Å². The Morgan fingerprint density at radius 1 is 0.944 bits per heavy atom. The second-order valence-electron chi connectivity index (χ2n) is 3.99. The number of hydrogen-bond acceptors (Lipinski definition) is 2. The molecule has 2 nitrogen and oxygen atoms in total. The molecule has 1 N–H and O–H groups in total. The van der Waals surface area contributed by atoms with Crippen molar-refractivity contribution in [2.75, 3.05) is 5.32 Å². The average molecular weight is 253 g/mol. The lowest BCUT2D eigenvalue weighted by molar-refractivity contribution is 0.559. The maximum absolute atomic E-state index is 5.27. The molecule has 88 valence electrons. The molecular formula is C15H11NOS. The zero-order valence-electron chi connectivity index (χ0n) is 9.59. The first kappa shape index (κ1) is 11.0. The van der Waals surface area contributed by atoms with Crippen LogP contribution in [-0.4, -0.2) is 4.99 Å². The normalized spacial score (nSPS) is 10.4. The largest absolute Gasteiger partial charge is 0.462 e. The fourth-order valence-corrected chi connectivity index (χ4v) is 2.10. The van der Waals surface area contributed by atoms with E-state index in [0.29, 0.717) is 10.7 Å². The third-order valence-electron chi connectivity index (χ3n) is 2.75. The lowest BCUT2D eigenvalue weighted by atomic mass is 10.1. The van der Waals surface area contributed by atoms with E-state index >= 15 is 0 Å². The molecule has 3 rings (SSSR count). The van der Waals surface area contributed by atoms with E-state index in [4.69, 9.17) is 16.6 Å². The third kappa shape index (κ3) is 2.13. The maximum atomic E-state index is 5.27. The van der Waals surface area contributed by atoms with Crippen LogP contribution in [0.25, 0.3) is 10.8 Å². The molecular weight excluding hydrogens is 242 g/mol. The van der Waals surface area contributed by atoms with Crippen molar-refractivity contribution in [3.8, 4) is 0 Å². The van der Waals surface area contributed by atoms with Crippen LogP contribution in [0.4, 0.5) is 5.69 Å². The molecule has 0 spiro atoms. The van der Waals surface area contributed by atoms with E-state index in [1.807, 2.05) is 30.3 Å². The topological polar surface area (TPSA) is 25.2 Å². The molecule has 0 radical (unpaired) electrons. The minimum Gasteiger partial charge on any atom is -0.462 e. The van der Waals surface area contributed by atoms with Crippen molar-refractivity contribution in [3.63, 3.8) is 0 Å². The third-order valence-corrected chi connectivity index (χ3v) is 3.06. The Balaban J connectivity index is 1.89. The highest BCUT2D eigenvalue weighted by Crippen LogP contribution is 2.19. The zero-order chi connectivity index (χ0) is 12.4. The van der Waals surface area contributed by atoms with Crippen molar-refractivity contribution in [2.45, 2.75) is 0 Å². The average Bonchev–Trinajstić information content (AvgIpc) is 2.92. The Labute approximate surface area is 110 Å². The number of benzene rings is 2. The van der Waals surface area contributed by atoms with Crippen LogP contribution in [0.1, 0.15) is 5.76 Å². The summed E-state index contributed by atoms with van der Waals surface area (Å²) in [5, 5.41) is 5.57. The zero-order valence-corrected chi connectivity index (χ0v) is 10.4. The van der Waals surface area contributed by atoms with Crippen LogP contribution in [0.2, 0.25) is 0 Å². The van der Waals surface area contributed by atoms with E-state index < -0.39 is 0 Å². The minimum absolute atomic E-state index is 0.593.